The van der Waals surface area contributed by atoms with Gasteiger partial charge in [-0.05, 0) is 17.7 Å². The average Bonchev–Trinajstić information content (AvgIpc) is 2.45. The lowest BCUT2D eigenvalue weighted by atomic mass is 10.2. The third-order valence-electron chi connectivity index (χ3n) is 2.80. The van der Waals surface area contributed by atoms with Crippen molar-refractivity contribution in [1.29, 1.82) is 0 Å². The van der Waals surface area contributed by atoms with Gasteiger partial charge in [-0.1, -0.05) is 17.7 Å². The number of anilines is 1. The summed E-state index contributed by atoms with van der Waals surface area (Å²) in [6.45, 7) is -0.0690. The minimum absolute atomic E-state index is 0.0690. The average molecular weight is 320 g/mol. The Bertz CT molecular complexity index is 652. The van der Waals surface area contributed by atoms with Crippen molar-refractivity contribution >= 4 is 17.3 Å². The van der Waals surface area contributed by atoms with Crippen molar-refractivity contribution in [3.05, 3.63) is 58.1 Å². The summed E-state index contributed by atoms with van der Waals surface area (Å²) >= 11 is 5.90. The van der Waals surface area contributed by atoms with Crippen LogP contribution in [0.15, 0.2) is 24.3 Å². The van der Waals surface area contributed by atoms with E-state index in [1.807, 2.05) is 0 Å². The smallest absolute Gasteiger partial charge is 0.185 e. The lowest BCUT2D eigenvalue weighted by Crippen LogP contribution is -2.07. The molecule has 2 nitrogen and oxygen atoms in total. The van der Waals surface area contributed by atoms with Gasteiger partial charge in [0, 0.05) is 12.6 Å². The van der Waals surface area contributed by atoms with E-state index >= 15 is 0 Å². The molecule has 2 aromatic carbocycles. The van der Waals surface area contributed by atoms with Crippen LogP contribution >= 0.6 is 11.6 Å². The predicted octanol–water partition coefficient (Wildman–Crippen LogP) is 4.52. The molecule has 0 heterocycles. The maximum Gasteiger partial charge on any atom is 0.185 e. The molecule has 112 valence electrons. The molecular formula is C14H10ClF4NO. The van der Waals surface area contributed by atoms with Crippen LogP contribution in [0.2, 0.25) is 5.02 Å². The Balaban J connectivity index is 2.22. The Morgan fingerprint density at radius 2 is 1.67 bits per heavy atom. The molecule has 7 heteroatoms. The first kappa shape index (κ1) is 15.4. The summed E-state index contributed by atoms with van der Waals surface area (Å²) in [4.78, 5) is 0. The second-order valence-corrected chi connectivity index (χ2v) is 4.57. The van der Waals surface area contributed by atoms with Crippen LogP contribution in [0, 0.1) is 23.3 Å². The number of methoxy groups -OCH3 is 1. The van der Waals surface area contributed by atoms with Crippen LogP contribution in [0.3, 0.4) is 0 Å². The van der Waals surface area contributed by atoms with Crippen LogP contribution in [0.5, 0.6) is 5.75 Å². The summed E-state index contributed by atoms with van der Waals surface area (Å²) in [6, 6.07) is 4.83. The SMILES string of the molecule is COc1ccc(CNc2c(F)c(F)cc(F)c2F)cc1Cl. The lowest BCUT2D eigenvalue weighted by molar-refractivity contribution is 0.415. The van der Waals surface area contributed by atoms with Gasteiger partial charge < -0.3 is 10.1 Å². The molecule has 0 aliphatic rings. The van der Waals surface area contributed by atoms with E-state index in [9.17, 15) is 17.6 Å². The zero-order valence-corrected chi connectivity index (χ0v) is 11.6. The van der Waals surface area contributed by atoms with Crippen LogP contribution in [0.1, 0.15) is 5.56 Å². The van der Waals surface area contributed by atoms with Crippen LogP contribution in [0.4, 0.5) is 23.2 Å². The van der Waals surface area contributed by atoms with Gasteiger partial charge in [0.15, 0.2) is 23.3 Å². The third kappa shape index (κ3) is 3.21. The molecule has 0 spiro atoms. The van der Waals surface area contributed by atoms with Crippen molar-refractivity contribution in [1.82, 2.24) is 0 Å². The van der Waals surface area contributed by atoms with Crippen molar-refractivity contribution in [2.45, 2.75) is 6.54 Å². The normalized spacial score (nSPS) is 10.6. The molecule has 2 rings (SSSR count). The molecule has 0 saturated heterocycles. The number of rotatable bonds is 4. The molecule has 0 aliphatic carbocycles. The van der Waals surface area contributed by atoms with Crippen molar-refractivity contribution in [2.24, 2.45) is 0 Å². The van der Waals surface area contributed by atoms with Crippen LogP contribution in [-0.2, 0) is 6.54 Å². The van der Waals surface area contributed by atoms with E-state index in [1.54, 1.807) is 12.1 Å². The summed E-state index contributed by atoms with van der Waals surface area (Å²) in [6.07, 6.45) is 0. The first-order valence-corrected chi connectivity index (χ1v) is 6.21. The monoisotopic (exact) mass is 319 g/mol. The van der Waals surface area contributed by atoms with Gasteiger partial charge in [-0.3, -0.25) is 0 Å². The summed E-state index contributed by atoms with van der Waals surface area (Å²) in [5.41, 5.74) is -0.302. The number of hydrogen-bond donors (Lipinski definition) is 1. The van der Waals surface area contributed by atoms with Gasteiger partial charge in [-0.25, -0.2) is 17.6 Å². The Morgan fingerprint density at radius 1 is 1.05 bits per heavy atom. The Labute approximate surface area is 123 Å². The van der Waals surface area contributed by atoms with E-state index in [2.05, 4.69) is 5.32 Å². The summed E-state index contributed by atoms with van der Waals surface area (Å²) in [5.74, 6) is -5.45. The van der Waals surface area contributed by atoms with Crippen LogP contribution in [-0.4, -0.2) is 7.11 Å². The standard InChI is InChI=1S/C14H10ClF4NO/c1-21-11-3-2-7(4-8(11)15)6-20-14-12(18)9(16)5-10(17)13(14)19/h2-5,20H,6H2,1H3. The van der Waals surface area contributed by atoms with Gasteiger partial charge in [0.1, 0.15) is 11.4 Å². The maximum atomic E-state index is 13.5. The molecule has 0 aliphatic heterocycles. The second kappa shape index (κ2) is 6.22. The van der Waals surface area contributed by atoms with E-state index in [-0.39, 0.29) is 12.6 Å². The summed E-state index contributed by atoms with van der Waals surface area (Å²) in [5, 5.41) is 2.62. The quantitative estimate of drug-likeness (QED) is 0.661. The largest absolute Gasteiger partial charge is 0.495 e. The van der Waals surface area contributed by atoms with Gasteiger partial charge in [-0.15, -0.1) is 0 Å². The highest BCUT2D eigenvalue weighted by Gasteiger charge is 2.18. The first-order valence-electron chi connectivity index (χ1n) is 5.83. The van der Waals surface area contributed by atoms with E-state index in [0.29, 0.717) is 16.3 Å². The van der Waals surface area contributed by atoms with Crippen molar-refractivity contribution in [2.75, 3.05) is 12.4 Å². The van der Waals surface area contributed by atoms with Gasteiger partial charge in [0.2, 0.25) is 0 Å². The topological polar surface area (TPSA) is 21.3 Å². The molecule has 0 radical (unpaired) electrons. The van der Waals surface area contributed by atoms with E-state index < -0.39 is 29.0 Å². The van der Waals surface area contributed by atoms with Crippen LogP contribution in [0.25, 0.3) is 0 Å². The molecule has 0 aromatic heterocycles. The number of ether oxygens (including phenoxy) is 1. The molecule has 2 aromatic rings. The van der Waals surface area contributed by atoms with Gasteiger partial charge in [0.05, 0.1) is 12.1 Å². The third-order valence-corrected chi connectivity index (χ3v) is 3.09. The van der Waals surface area contributed by atoms with Crippen molar-refractivity contribution in [3.63, 3.8) is 0 Å². The number of benzene rings is 2. The zero-order chi connectivity index (χ0) is 15.6. The molecular weight excluding hydrogens is 310 g/mol. The summed E-state index contributed by atoms with van der Waals surface area (Å²) in [7, 11) is 1.44. The fourth-order valence-electron chi connectivity index (χ4n) is 1.74. The highest BCUT2D eigenvalue weighted by Crippen LogP contribution is 2.27. The first-order chi connectivity index (χ1) is 9.93. The number of halogens is 5. The maximum absolute atomic E-state index is 13.5. The van der Waals surface area contributed by atoms with E-state index in [1.165, 1.54) is 13.2 Å². The molecule has 0 saturated carbocycles. The van der Waals surface area contributed by atoms with E-state index in [0.717, 1.165) is 0 Å². The summed E-state index contributed by atoms with van der Waals surface area (Å²) < 4.78 is 58.0. The number of hydrogen-bond acceptors (Lipinski definition) is 2. The van der Waals surface area contributed by atoms with Crippen molar-refractivity contribution in [3.8, 4) is 5.75 Å². The minimum Gasteiger partial charge on any atom is -0.495 e. The highest BCUT2D eigenvalue weighted by molar-refractivity contribution is 6.32. The molecule has 0 unspecified atom stereocenters. The van der Waals surface area contributed by atoms with Crippen molar-refractivity contribution < 1.29 is 22.3 Å². The molecule has 0 amide bonds. The molecule has 0 atom stereocenters. The Hall–Kier alpha value is -1.95. The molecule has 0 bridgehead atoms. The van der Waals surface area contributed by atoms with Gasteiger partial charge in [0.25, 0.3) is 0 Å². The lowest BCUT2D eigenvalue weighted by Gasteiger charge is -2.11. The Morgan fingerprint density at radius 3 is 2.19 bits per heavy atom. The van der Waals surface area contributed by atoms with Gasteiger partial charge >= 0.3 is 0 Å². The number of nitrogens with one attached hydrogen (secondary N) is 1. The fourth-order valence-corrected chi connectivity index (χ4v) is 2.02. The Kier molecular flexibility index (Phi) is 4.57. The zero-order valence-electron chi connectivity index (χ0n) is 10.8. The van der Waals surface area contributed by atoms with E-state index in [4.69, 9.17) is 16.3 Å². The highest BCUT2D eigenvalue weighted by atomic mass is 35.5. The van der Waals surface area contributed by atoms with Gasteiger partial charge in [-0.2, -0.15) is 0 Å². The second-order valence-electron chi connectivity index (χ2n) is 4.17. The van der Waals surface area contributed by atoms with Crippen LogP contribution < -0.4 is 10.1 Å². The molecule has 0 fully saturated rings. The molecule has 21 heavy (non-hydrogen) atoms. The minimum atomic E-state index is -1.48. The predicted molar refractivity (Wildman–Crippen MR) is 71.6 cm³/mol. The fraction of sp³-hybridized carbons (Fsp3) is 0.143. The molecule has 1 N–H and O–H groups in total.